The van der Waals surface area contributed by atoms with Crippen molar-refractivity contribution in [3.05, 3.63) is 59.4 Å². The minimum Gasteiger partial charge on any atom is -0.493 e. The van der Waals surface area contributed by atoms with Gasteiger partial charge in [-0.3, -0.25) is 4.79 Å². The first-order chi connectivity index (χ1) is 14.0. The molecule has 2 aromatic carbocycles. The van der Waals surface area contributed by atoms with E-state index in [1.165, 1.54) is 28.2 Å². The minimum atomic E-state index is -0.339. The maximum atomic E-state index is 13.2. The van der Waals surface area contributed by atoms with Gasteiger partial charge in [-0.15, -0.1) is 0 Å². The number of anilines is 1. The number of aryl methyl sites for hydroxylation is 2. The molecule has 0 spiro atoms. The van der Waals surface area contributed by atoms with Gasteiger partial charge in [-0.2, -0.15) is 0 Å². The molecule has 1 aliphatic heterocycles. The minimum absolute atomic E-state index is 0.0593. The van der Waals surface area contributed by atoms with Gasteiger partial charge in [0.1, 0.15) is 37.7 Å². The number of halogens is 1. The van der Waals surface area contributed by atoms with Crippen LogP contribution in [0.15, 0.2) is 42.5 Å². The van der Waals surface area contributed by atoms with E-state index in [4.69, 9.17) is 4.74 Å². The van der Waals surface area contributed by atoms with Crippen LogP contribution in [-0.2, 0) is 4.79 Å². The Balaban J connectivity index is 1.32. The Morgan fingerprint density at radius 3 is 2.59 bits per heavy atom. The van der Waals surface area contributed by atoms with Gasteiger partial charge in [0.15, 0.2) is 6.54 Å². The van der Waals surface area contributed by atoms with E-state index in [9.17, 15) is 9.18 Å². The molecule has 0 aromatic heterocycles. The maximum Gasteiger partial charge on any atom is 0.279 e. The summed E-state index contributed by atoms with van der Waals surface area (Å²) < 4.78 is 19.2. The largest absolute Gasteiger partial charge is 0.493 e. The molecule has 1 heterocycles. The summed E-state index contributed by atoms with van der Waals surface area (Å²) in [7, 11) is 0. The average Bonchev–Trinajstić information content (AvgIpc) is 2.69. The molecule has 0 aliphatic carbocycles. The zero-order valence-corrected chi connectivity index (χ0v) is 17.4. The lowest BCUT2D eigenvalue weighted by molar-refractivity contribution is -1.01. The first-order valence-electron chi connectivity index (χ1n) is 10.4. The van der Waals surface area contributed by atoms with Crippen LogP contribution in [0.25, 0.3) is 0 Å². The zero-order chi connectivity index (χ0) is 20.6. The quantitative estimate of drug-likeness (QED) is 0.569. The van der Waals surface area contributed by atoms with Crippen molar-refractivity contribution in [1.82, 2.24) is 0 Å². The van der Waals surface area contributed by atoms with Crippen molar-refractivity contribution in [1.29, 1.82) is 0 Å². The van der Waals surface area contributed by atoms with E-state index in [1.54, 1.807) is 17.0 Å². The highest BCUT2D eigenvalue weighted by molar-refractivity contribution is 5.91. The lowest BCUT2D eigenvalue weighted by atomic mass is 10.1. The molecule has 1 fully saturated rings. The average molecular weight is 402 g/mol. The molecule has 0 unspecified atom stereocenters. The van der Waals surface area contributed by atoms with E-state index in [0.717, 1.165) is 51.5 Å². The summed E-state index contributed by atoms with van der Waals surface area (Å²) in [6.07, 6.45) is 1.03. The Labute approximate surface area is 172 Å². The molecule has 1 aliphatic rings. The fourth-order valence-corrected chi connectivity index (χ4v) is 3.75. The molecular formula is C23H32FN3O2+2. The molecule has 3 N–H and O–H groups in total. The van der Waals surface area contributed by atoms with E-state index >= 15 is 0 Å². The molecule has 29 heavy (non-hydrogen) atoms. The number of ether oxygens (including phenoxy) is 1. The van der Waals surface area contributed by atoms with Gasteiger partial charge in [0.2, 0.25) is 0 Å². The summed E-state index contributed by atoms with van der Waals surface area (Å²) in [5.74, 6) is 0.587. The summed E-state index contributed by atoms with van der Waals surface area (Å²) in [5, 5.41) is 2.78. The van der Waals surface area contributed by atoms with Crippen LogP contribution in [0.1, 0.15) is 17.5 Å². The highest BCUT2D eigenvalue weighted by atomic mass is 19.1. The van der Waals surface area contributed by atoms with Gasteiger partial charge in [0.05, 0.1) is 13.2 Å². The monoisotopic (exact) mass is 401 g/mol. The Hall–Kier alpha value is -2.44. The van der Waals surface area contributed by atoms with Crippen LogP contribution in [0.4, 0.5) is 10.1 Å². The molecule has 2 aromatic rings. The number of rotatable bonds is 8. The van der Waals surface area contributed by atoms with Crippen LogP contribution < -0.4 is 19.9 Å². The molecule has 0 radical (unpaired) electrons. The van der Waals surface area contributed by atoms with Gasteiger partial charge in [-0.05, 0) is 49.2 Å². The number of hydrogen-bond acceptors (Lipinski definition) is 2. The van der Waals surface area contributed by atoms with Crippen LogP contribution in [0, 0.1) is 19.7 Å². The Bertz CT molecular complexity index is 820. The van der Waals surface area contributed by atoms with Crippen LogP contribution in [-0.4, -0.2) is 51.8 Å². The molecule has 5 nitrogen and oxygen atoms in total. The van der Waals surface area contributed by atoms with Crippen molar-refractivity contribution in [2.75, 3.05) is 51.2 Å². The number of amides is 1. The maximum absolute atomic E-state index is 13.2. The summed E-state index contributed by atoms with van der Waals surface area (Å²) in [6, 6.07) is 12.3. The van der Waals surface area contributed by atoms with Crippen molar-refractivity contribution >= 4 is 11.6 Å². The highest BCUT2D eigenvalue weighted by Gasteiger charge is 2.24. The van der Waals surface area contributed by atoms with Crippen molar-refractivity contribution < 1.29 is 23.7 Å². The SMILES string of the molecule is Cc1ccc(C)c(OCCC[NH+]2CC[NH+](CC(=O)Nc3cccc(F)c3)CC2)c1. The standard InChI is InChI=1S/C23H30FN3O2/c1-18-7-8-19(2)22(15-18)29-14-4-9-26-10-12-27(13-11-26)17-23(28)25-21-6-3-5-20(24)16-21/h3,5-8,15-16H,4,9-14,17H2,1-2H3,(H,25,28)/p+2. The molecule has 1 amide bonds. The summed E-state index contributed by atoms with van der Waals surface area (Å²) >= 11 is 0. The molecule has 156 valence electrons. The molecule has 0 bridgehead atoms. The fraction of sp³-hybridized carbons (Fsp3) is 0.435. The number of carbonyl (C=O) groups is 1. The Morgan fingerprint density at radius 1 is 1.07 bits per heavy atom. The third kappa shape index (κ3) is 6.84. The van der Waals surface area contributed by atoms with E-state index in [0.29, 0.717) is 12.2 Å². The normalized spacial score (nSPS) is 19.0. The van der Waals surface area contributed by atoms with Gasteiger partial charge in [0.25, 0.3) is 5.91 Å². The number of nitrogens with one attached hydrogen (secondary N) is 3. The van der Waals surface area contributed by atoms with Gasteiger partial charge in [-0.25, -0.2) is 4.39 Å². The predicted molar refractivity (Wildman–Crippen MR) is 112 cm³/mol. The van der Waals surface area contributed by atoms with Crippen LogP contribution in [0.2, 0.25) is 0 Å². The van der Waals surface area contributed by atoms with Gasteiger partial charge >= 0.3 is 0 Å². The predicted octanol–water partition coefficient (Wildman–Crippen LogP) is 0.634. The number of hydrogen-bond donors (Lipinski definition) is 3. The second-order valence-corrected chi connectivity index (χ2v) is 7.96. The van der Waals surface area contributed by atoms with Crippen LogP contribution in [0.5, 0.6) is 5.75 Å². The molecule has 3 rings (SSSR count). The highest BCUT2D eigenvalue weighted by Crippen LogP contribution is 2.18. The third-order valence-corrected chi connectivity index (χ3v) is 5.46. The van der Waals surface area contributed by atoms with E-state index in [-0.39, 0.29) is 11.7 Å². The summed E-state index contributed by atoms with van der Waals surface area (Å²) in [5.41, 5.74) is 2.91. The van der Waals surface area contributed by atoms with Crippen LogP contribution in [0.3, 0.4) is 0 Å². The first kappa shape index (κ1) is 21.3. The number of piperazine rings is 1. The third-order valence-electron chi connectivity index (χ3n) is 5.46. The summed E-state index contributed by atoms with van der Waals surface area (Å²) in [6.45, 7) is 10.5. The molecule has 0 atom stereocenters. The van der Waals surface area contributed by atoms with Crippen molar-refractivity contribution in [2.45, 2.75) is 20.3 Å². The topological polar surface area (TPSA) is 47.2 Å². The second-order valence-electron chi connectivity index (χ2n) is 7.96. The smallest absolute Gasteiger partial charge is 0.279 e. The number of quaternary nitrogens is 2. The molecular weight excluding hydrogens is 369 g/mol. The van der Waals surface area contributed by atoms with Crippen molar-refractivity contribution in [3.63, 3.8) is 0 Å². The first-order valence-corrected chi connectivity index (χ1v) is 10.4. The van der Waals surface area contributed by atoms with Crippen molar-refractivity contribution in [3.8, 4) is 5.75 Å². The fourth-order valence-electron chi connectivity index (χ4n) is 3.75. The van der Waals surface area contributed by atoms with Crippen molar-refractivity contribution in [2.24, 2.45) is 0 Å². The van der Waals surface area contributed by atoms with Gasteiger partial charge in [0, 0.05) is 12.1 Å². The number of benzene rings is 2. The van der Waals surface area contributed by atoms with Crippen LogP contribution >= 0.6 is 0 Å². The second kappa shape index (κ2) is 10.4. The lowest BCUT2D eigenvalue weighted by Crippen LogP contribution is -3.28. The van der Waals surface area contributed by atoms with E-state index in [2.05, 4.69) is 37.4 Å². The van der Waals surface area contributed by atoms with Gasteiger partial charge in [-0.1, -0.05) is 18.2 Å². The molecule has 0 saturated carbocycles. The molecule has 1 saturated heterocycles. The summed E-state index contributed by atoms with van der Waals surface area (Å²) in [4.78, 5) is 15.1. The lowest BCUT2D eigenvalue weighted by Gasteiger charge is -2.29. The van der Waals surface area contributed by atoms with Gasteiger partial charge < -0.3 is 19.9 Å². The number of carbonyl (C=O) groups excluding carboxylic acids is 1. The van der Waals surface area contributed by atoms with E-state index < -0.39 is 0 Å². The molecule has 6 heteroatoms. The zero-order valence-electron chi connectivity index (χ0n) is 17.4. The van der Waals surface area contributed by atoms with E-state index in [1.807, 2.05) is 0 Å². The Morgan fingerprint density at radius 2 is 1.83 bits per heavy atom. The Kier molecular flexibility index (Phi) is 7.61.